The van der Waals surface area contributed by atoms with Crippen molar-refractivity contribution in [1.29, 1.82) is 0 Å². The Balaban J connectivity index is 2.14. The van der Waals surface area contributed by atoms with E-state index in [1.165, 1.54) is 21.7 Å². The van der Waals surface area contributed by atoms with Crippen LogP contribution >= 0.6 is 0 Å². The molecule has 10 heteroatoms. The molecule has 0 aromatic heterocycles. The maximum atomic E-state index is 13.5. The van der Waals surface area contributed by atoms with E-state index in [-0.39, 0.29) is 36.3 Å². The van der Waals surface area contributed by atoms with Crippen LogP contribution in [0.4, 0.5) is 0 Å². The molecule has 1 heterocycles. The van der Waals surface area contributed by atoms with Crippen molar-refractivity contribution in [3.05, 3.63) is 48.0 Å². The lowest BCUT2D eigenvalue weighted by Crippen LogP contribution is -2.50. The third-order valence-corrected chi connectivity index (χ3v) is 9.36. The van der Waals surface area contributed by atoms with Crippen LogP contribution in [-0.2, 0) is 20.0 Å². The molecule has 0 bridgehead atoms. The van der Waals surface area contributed by atoms with E-state index in [4.69, 9.17) is 4.74 Å². The van der Waals surface area contributed by atoms with Gasteiger partial charge in [0.1, 0.15) is 16.7 Å². The predicted molar refractivity (Wildman–Crippen MR) is 128 cm³/mol. The third kappa shape index (κ3) is 5.58. The molecule has 2 aromatic rings. The predicted octanol–water partition coefficient (Wildman–Crippen LogP) is 2.32. The van der Waals surface area contributed by atoms with E-state index in [1.807, 2.05) is 38.1 Å². The largest absolute Gasteiger partial charge is 0.487 e. The minimum atomic E-state index is -3.96. The van der Waals surface area contributed by atoms with Gasteiger partial charge in [0, 0.05) is 25.6 Å². The van der Waals surface area contributed by atoms with E-state index >= 15 is 0 Å². The fourth-order valence-corrected chi connectivity index (χ4v) is 6.00. The molecule has 33 heavy (non-hydrogen) atoms. The van der Waals surface area contributed by atoms with Crippen LogP contribution in [0.15, 0.2) is 47.4 Å². The average molecular weight is 497 g/mol. The van der Waals surface area contributed by atoms with Crippen molar-refractivity contribution in [2.45, 2.75) is 37.8 Å². The number of likely N-dealkylation sites (N-methyl/N-ethyl adjacent to an activating group) is 1. The molecule has 0 fully saturated rings. The number of ether oxygens (including phenoxy) is 1. The van der Waals surface area contributed by atoms with E-state index < -0.39 is 32.2 Å². The molecule has 0 aliphatic carbocycles. The number of benzene rings is 2. The van der Waals surface area contributed by atoms with Gasteiger partial charge in [-0.05, 0) is 37.1 Å². The SMILES string of the molecule is Cc1ccc(-c2ccc3c(c2)O[C@@H](CN(C)S(C)(=O)=O)[C@@H](C)CN([C@H](C)CO)S3(=O)=O)cc1. The first kappa shape index (κ1) is 25.6. The highest BCUT2D eigenvalue weighted by molar-refractivity contribution is 7.89. The smallest absolute Gasteiger partial charge is 0.247 e. The molecule has 0 saturated carbocycles. The molecule has 182 valence electrons. The fourth-order valence-electron chi connectivity index (χ4n) is 3.76. The highest BCUT2D eigenvalue weighted by Crippen LogP contribution is 2.36. The number of aliphatic hydroxyl groups excluding tert-OH is 1. The zero-order chi connectivity index (χ0) is 24.6. The summed E-state index contributed by atoms with van der Waals surface area (Å²) in [6.45, 7) is 5.27. The summed E-state index contributed by atoms with van der Waals surface area (Å²) >= 11 is 0. The highest BCUT2D eigenvalue weighted by Gasteiger charge is 2.38. The second kappa shape index (κ2) is 9.71. The Morgan fingerprint density at radius 2 is 1.79 bits per heavy atom. The van der Waals surface area contributed by atoms with Crippen molar-refractivity contribution in [2.24, 2.45) is 5.92 Å². The van der Waals surface area contributed by atoms with Crippen molar-refractivity contribution in [2.75, 3.05) is 33.0 Å². The van der Waals surface area contributed by atoms with Gasteiger partial charge >= 0.3 is 0 Å². The van der Waals surface area contributed by atoms with Gasteiger partial charge in [-0.2, -0.15) is 4.31 Å². The number of sulfonamides is 2. The molecule has 0 amide bonds. The Labute approximate surface area is 196 Å². The number of aliphatic hydroxyl groups is 1. The van der Waals surface area contributed by atoms with Crippen LogP contribution in [0.1, 0.15) is 19.4 Å². The van der Waals surface area contributed by atoms with Gasteiger partial charge in [-0.3, -0.25) is 0 Å². The van der Waals surface area contributed by atoms with Crippen LogP contribution in [-0.4, -0.2) is 75.7 Å². The van der Waals surface area contributed by atoms with Crippen molar-refractivity contribution in [3.63, 3.8) is 0 Å². The second-order valence-electron chi connectivity index (χ2n) is 8.81. The standard InChI is InChI=1S/C23H32N2O6S2/c1-16-6-8-19(9-7-16)20-10-11-23-21(12-20)31-22(14-24(4)32(5,27)28)17(2)13-25(18(3)15-26)33(23,29)30/h6-12,17-18,22,26H,13-15H2,1-5H3/t17-,18+,22-/m0/s1. The minimum absolute atomic E-state index is 0.00225. The molecule has 1 aliphatic heterocycles. The number of rotatable bonds is 6. The van der Waals surface area contributed by atoms with Gasteiger partial charge in [-0.1, -0.05) is 42.8 Å². The summed E-state index contributed by atoms with van der Waals surface area (Å²) in [4.78, 5) is -0.00225. The molecule has 8 nitrogen and oxygen atoms in total. The number of aryl methyl sites for hydroxylation is 1. The first-order valence-corrected chi connectivity index (χ1v) is 14.0. The average Bonchev–Trinajstić information content (AvgIpc) is 2.75. The van der Waals surface area contributed by atoms with Crippen LogP contribution in [0.5, 0.6) is 5.75 Å². The van der Waals surface area contributed by atoms with Crippen molar-refractivity contribution < 1.29 is 26.7 Å². The van der Waals surface area contributed by atoms with Gasteiger partial charge in [0.25, 0.3) is 0 Å². The lowest BCUT2D eigenvalue weighted by molar-refractivity contribution is 0.0906. The summed E-state index contributed by atoms with van der Waals surface area (Å²) in [6, 6.07) is 12.1. The van der Waals surface area contributed by atoms with Crippen molar-refractivity contribution >= 4 is 20.0 Å². The molecule has 3 atom stereocenters. The van der Waals surface area contributed by atoms with Crippen LogP contribution in [0.3, 0.4) is 0 Å². The lowest BCUT2D eigenvalue weighted by atomic mass is 10.0. The molecule has 0 saturated heterocycles. The zero-order valence-electron chi connectivity index (χ0n) is 19.6. The van der Waals surface area contributed by atoms with Crippen LogP contribution < -0.4 is 4.74 Å². The Morgan fingerprint density at radius 1 is 1.18 bits per heavy atom. The third-order valence-electron chi connectivity index (χ3n) is 6.06. The van der Waals surface area contributed by atoms with E-state index in [0.717, 1.165) is 22.9 Å². The molecule has 3 rings (SSSR count). The first-order valence-electron chi connectivity index (χ1n) is 10.8. The second-order valence-corrected chi connectivity index (χ2v) is 12.8. The number of fused-ring (bicyclic) bond motifs is 1. The summed E-state index contributed by atoms with van der Waals surface area (Å²) < 4.78 is 59.8. The molecule has 0 spiro atoms. The van der Waals surface area contributed by atoms with Gasteiger partial charge in [0.15, 0.2) is 0 Å². The molecule has 0 unspecified atom stereocenters. The minimum Gasteiger partial charge on any atom is -0.487 e. The normalized spacial score (nSPS) is 22.2. The molecular weight excluding hydrogens is 464 g/mol. The first-order chi connectivity index (χ1) is 15.3. The quantitative estimate of drug-likeness (QED) is 0.658. The van der Waals surface area contributed by atoms with E-state index in [2.05, 4.69) is 0 Å². The topological polar surface area (TPSA) is 104 Å². The van der Waals surface area contributed by atoms with Gasteiger partial charge in [0.05, 0.1) is 19.4 Å². The van der Waals surface area contributed by atoms with E-state index in [0.29, 0.717) is 0 Å². The fraction of sp³-hybridized carbons (Fsp3) is 0.478. The monoisotopic (exact) mass is 496 g/mol. The Morgan fingerprint density at radius 3 is 2.36 bits per heavy atom. The van der Waals surface area contributed by atoms with Crippen LogP contribution in [0, 0.1) is 12.8 Å². The summed E-state index contributed by atoms with van der Waals surface area (Å²) in [7, 11) is -5.94. The lowest BCUT2D eigenvalue weighted by Gasteiger charge is -2.37. The summed E-state index contributed by atoms with van der Waals surface area (Å²) in [5.41, 5.74) is 2.80. The molecular formula is C23H32N2O6S2. The molecule has 2 aromatic carbocycles. The Bertz CT molecular complexity index is 1200. The van der Waals surface area contributed by atoms with Gasteiger partial charge in [-0.15, -0.1) is 0 Å². The van der Waals surface area contributed by atoms with Crippen LogP contribution in [0.2, 0.25) is 0 Å². The van der Waals surface area contributed by atoms with Crippen molar-refractivity contribution in [3.8, 4) is 16.9 Å². The molecule has 0 radical (unpaired) electrons. The highest BCUT2D eigenvalue weighted by atomic mass is 32.2. The van der Waals surface area contributed by atoms with E-state index in [1.54, 1.807) is 19.1 Å². The van der Waals surface area contributed by atoms with E-state index in [9.17, 15) is 21.9 Å². The number of nitrogens with zero attached hydrogens (tertiary/aromatic N) is 2. The zero-order valence-corrected chi connectivity index (χ0v) is 21.2. The summed E-state index contributed by atoms with van der Waals surface area (Å²) in [5.74, 6) is -0.171. The Kier molecular flexibility index (Phi) is 7.55. The summed E-state index contributed by atoms with van der Waals surface area (Å²) in [5, 5.41) is 9.72. The number of hydrogen-bond acceptors (Lipinski definition) is 6. The maximum Gasteiger partial charge on any atom is 0.247 e. The molecule has 1 aliphatic rings. The summed E-state index contributed by atoms with van der Waals surface area (Å²) in [6.07, 6.45) is 0.523. The number of hydrogen-bond donors (Lipinski definition) is 1. The van der Waals surface area contributed by atoms with Gasteiger partial charge in [-0.25, -0.2) is 21.1 Å². The molecule has 1 N–H and O–H groups in total. The van der Waals surface area contributed by atoms with Gasteiger partial charge < -0.3 is 9.84 Å². The van der Waals surface area contributed by atoms with Crippen molar-refractivity contribution in [1.82, 2.24) is 8.61 Å². The maximum absolute atomic E-state index is 13.5. The van der Waals surface area contributed by atoms with Gasteiger partial charge in [0.2, 0.25) is 20.0 Å². The Hall–Kier alpha value is -1.98. The van der Waals surface area contributed by atoms with Crippen LogP contribution in [0.25, 0.3) is 11.1 Å².